The molecule has 0 aromatic heterocycles. The number of amides is 1. The normalized spacial score (nSPS) is 10.3. The van der Waals surface area contributed by atoms with Gasteiger partial charge < -0.3 is 11.1 Å². The molecule has 0 fully saturated rings. The van der Waals surface area contributed by atoms with Gasteiger partial charge in [0, 0.05) is 19.5 Å². The Balaban J connectivity index is 2.38. The van der Waals surface area contributed by atoms with Crippen molar-refractivity contribution in [2.75, 3.05) is 6.54 Å². The van der Waals surface area contributed by atoms with Gasteiger partial charge in [0.1, 0.15) is 5.82 Å². The number of carbonyl (C=O) groups excluding carboxylic acids is 1. The number of carbonyl (C=O) groups is 1. The second-order valence-electron chi connectivity index (χ2n) is 3.14. The minimum atomic E-state index is -0.433. The second-order valence-corrected chi connectivity index (χ2v) is 3.55. The minimum Gasteiger partial charge on any atom is -0.370 e. The van der Waals surface area contributed by atoms with Crippen LogP contribution in [0.2, 0.25) is 5.02 Å². The summed E-state index contributed by atoms with van der Waals surface area (Å²) >= 11 is 5.60. The van der Waals surface area contributed by atoms with Gasteiger partial charge in [-0.2, -0.15) is 0 Å². The first-order valence-electron chi connectivity index (χ1n) is 4.52. The van der Waals surface area contributed by atoms with Crippen molar-refractivity contribution >= 4 is 17.5 Å². The van der Waals surface area contributed by atoms with Crippen molar-refractivity contribution in [1.29, 1.82) is 0 Å². The van der Waals surface area contributed by atoms with Gasteiger partial charge in [-0.25, -0.2) is 4.39 Å². The summed E-state index contributed by atoms with van der Waals surface area (Å²) in [7, 11) is 0. The van der Waals surface area contributed by atoms with Crippen LogP contribution >= 0.6 is 11.6 Å². The van der Waals surface area contributed by atoms with E-state index in [-0.39, 0.29) is 17.4 Å². The van der Waals surface area contributed by atoms with Crippen molar-refractivity contribution in [3.05, 3.63) is 34.6 Å². The van der Waals surface area contributed by atoms with E-state index in [2.05, 4.69) is 5.32 Å². The summed E-state index contributed by atoms with van der Waals surface area (Å²) in [6, 6.07) is 4.50. The van der Waals surface area contributed by atoms with E-state index in [0.29, 0.717) is 13.1 Å². The molecule has 0 unspecified atom stereocenters. The summed E-state index contributed by atoms with van der Waals surface area (Å²) < 4.78 is 12.8. The summed E-state index contributed by atoms with van der Waals surface area (Å²) in [6.07, 6.45) is 0.287. The molecule has 3 N–H and O–H groups in total. The van der Waals surface area contributed by atoms with Gasteiger partial charge in [-0.15, -0.1) is 0 Å². The molecular weight excluding hydrogens is 219 g/mol. The minimum absolute atomic E-state index is 0.101. The zero-order valence-corrected chi connectivity index (χ0v) is 8.85. The molecule has 1 aromatic rings. The Bertz CT molecular complexity index is 357. The molecule has 1 rings (SSSR count). The molecule has 3 nitrogen and oxygen atoms in total. The molecule has 0 spiro atoms. The van der Waals surface area contributed by atoms with E-state index in [1.165, 1.54) is 6.07 Å². The van der Waals surface area contributed by atoms with Gasteiger partial charge in [0.15, 0.2) is 0 Å². The predicted molar refractivity (Wildman–Crippen MR) is 56.9 cm³/mol. The number of hydrogen-bond donors (Lipinski definition) is 2. The fraction of sp³-hybridized carbons (Fsp3) is 0.300. The highest BCUT2D eigenvalue weighted by Crippen LogP contribution is 2.15. The highest BCUT2D eigenvalue weighted by atomic mass is 35.5. The van der Waals surface area contributed by atoms with Crippen molar-refractivity contribution in [3.8, 4) is 0 Å². The first kappa shape index (κ1) is 11.9. The number of primary amides is 1. The molecule has 0 atom stereocenters. The Kier molecular flexibility index (Phi) is 4.52. The third-order valence-electron chi connectivity index (χ3n) is 1.86. The lowest BCUT2D eigenvalue weighted by Crippen LogP contribution is -2.21. The Hall–Kier alpha value is -1.13. The fourth-order valence-electron chi connectivity index (χ4n) is 1.09. The van der Waals surface area contributed by atoms with Gasteiger partial charge in [-0.3, -0.25) is 4.79 Å². The molecule has 0 heterocycles. The molecular formula is C10H12ClFN2O. The Morgan fingerprint density at radius 1 is 1.53 bits per heavy atom. The average molecular weight is 231 g/mol. The van der Waals surface area contributed by atoms with Crippen LogP contribution in [0.25, 0.3) is 0 Å². The van der Waals surface area contributed by atoms with Crippen LogP contribution in [0.1, 0.15) is 12.0 Å². The van der Waals surface area contributed by atoms with E-state index in [4.69, 9.17) is 17.3 Å². The lowest BCUT2D eigenvalue weighted by atomic mass is 10.2. The first-order chi connectivity index (χ1) is 7.09. The summed E-state index contributed by atoms with van der Waals surface area (Å²) in [5.41, 5.74) is 5.83. The van der Waals surface area contributed by atoms with Gasteiger partial charge in [0.25, 0.3) is 0 Å². The van der Waals surface area contributed by atoms with Crippen LogP contribution in [-0.4, -0.2) is 12.5 Å². The van der Waals surface area contributed by atoms with Gasteiger partial charge in [0.05, 0.1) is 5.02 Å². The van der Waals surface area contributed by atoms with Gasteiger partial charge >= 0.3 is 0 Å². The number of benzene rings is 1. The van der Waals surface area contributed by atoms with E-state index in [9.17, 15) is 9.18 Å². The van der Waals surface area contributed by atoms with E-state index in [1.807, 2.05) is 0 Å². The summed E-state index contributed by atoms with van der Waals surface area (Å²) in [5.74, 6) is -0.780. The van der Waals surface area contributed by atoms with E-state index < -0.39 is 5.82 Å². The van der Waals surface area contributed by atoms with Crippen LogP contribution in [0.4, 0.5) is 4.39 Å². The van der Waals surface area contributed by atoms with Crippen LogP contribution in [0.5, 0.6) is 0 Å². The number of halogens is 2. The highest BCUT2D eigenvalue weighted by molar-refractivity contribution is 6.30. The molecule has 0 saturated heterocycles. The fourth-order valence-corrected chi connectivity index (χ4v) is 1.30. The summed E-state index contributed by atoms with van der Waals surface area (Å²) in [4.78, 5) is 10.4. The molecule has 0 radical (unpaired) electrons. The molecule has 5 heteroatoms. The number of nitrogens with two attached hydrogens (primary N) is 1. The Morgan fingerprint density at radius 3 is 2.87 bits per heavy atom. The van der Waals surface area contributed by atoms with Crippen molar-refractivity contribution in [1.82, 2.24) is 5.32 Å². The van der Waals surface area contributed by atoms with Gasteiger partial charge in [0.2, 0.25) is 5.91 Å². The van der Waals surface area contributed by atoms with Crippen molar-refractivity contribution in [2.45, 2.75) is 13.0 Å². The van der Waals surface area contributed by atoms with Crippen LogP contribution in [0.15, 0.2) is 18.2 Å². The average Bonchev–Trinajstić information content (AvgIpc) is 2.18. The predicted octanol–water partition coefficient (Wildman–Crippen LogP) is 1.44. The number of rotatable bonds is 5. The standard InChI is InChI=1S/C10H12ClFN2O/c11-8-5-7(1-2-9(8)12)6-14-4-3-10(13)15/h1-2,5,14H,3-4,6H2,(H2,13,15). The largest absolute Gasteiger partial charge is 0.370 e. The molecule has 0 saturated carbocycles. The van der Waals surface area contributed by atoms with E-state index in [0.717, 1.165) is 5.56 Å². The zero-order valence-electron chi connectivity index (χ0n) is 8.09. The van der Waals surface area contributed by atoms with Crippen molar-refractivity contribution in [2.24, 2.45) is 5.73 Å². The third kappa shape index (κ3) is 4.27. The molecule has 82 valence electrons. The van der Waals surface area contributed by atoms with Crippen molar-refractivity contribution < 1.29 is 9.18 Å². The molecule has 0 aliphatic heterocycles. The van der Waals surface area contributed by atoms with Crippen LogP contribution in [0.3, 0.4) is 0 Å². The highest BCUT2D eigenvalue weighted by Gasteiger charge is 2.00. The second kappa shape index (κ2) is 5.68. The molecule has 0 aliphatic carbocycles. The smallest absolute Gasteiger partial charge is 0.218 e. The lowest BCUT2D eigenvalue weighted by molar-refractivity contribution is -0.117. The molecule has 1 aromatic carbocycles. The van der Waals surface area contributed by atoms with Crippen LogP contribution in [0, 0.1) is 5.82 Å². The summed E-state index contributed by atoms with van der Waals surface area (Å²) in [5, 5.41) is 3.10. The number of hydrogen-bond acceptors (Lipinski definition) is 2. The number of nitrogens with one attached hydrogen (secondary N) is 1. The topological polar surface area (TPSA) is 55.1 Å². The van der Waals surface area contributed by atoms with Gasteiger partial charge in [-0.1, -0.05) is 17.7 Å². The first-order valence-corrected chi connectivity index (χ1v) is 4.90. The summed E-state index contributed by atoms with van der Waals surface area (Å²) in [6.45, 7) is 1.04. The molecule has 0 bridgehead atoms. The van der Waals surface area contributed by atoms with Crippen LogP contribution < -0.4 is 11.1 Å². The SMILES string of the molecule is NC(=O)CCNCc1ccc(F)c(Cl)c1. The maximum Gasteiger partial charge on any atom is 0.218 e. The Labute approximate surface area is 92.4 Å². The molecule has 15 heavy (non-hydrogen) atoms. The maximum absolute atomic E-state index is 12.8. The zero-order chi connectivity index (χ0) is 11.3. The monoisotopic (exact) mass is 230 g/mol. The van der Waals surface area contributed by atoms with E-state index >= 15 is 0 Å². The molecule has 0 aliphatic rings. The maximum atomic E-state index is 12.8. The van der Waals surface area contributed by atoms with E-state index in [1.54, 1.807) is 12.1 Å². The molecule has 1 amide bonds. The lowest BCUT2D eigenvalue weighted by Gasteiger charge is -2.04. The Morgan fingerprint density at radius 2 is 2.27 bits per heavy atom. The van der Waals surface area contributed by atoms with Gasteiger partial charge in [-0.05, 0) is 17.7 Å². The van der Waals surface area contributed by atoms with Crippen LogP contribution in [-0.2, 0) is 11.3 Å². The van der Waals surface area contributed by atoms with Crippen molar-refractivity contribution in [3.63, 3.8) is 0 Å². The quantitative estimate of drug-likeness (QED) is 0.753. The third-order valence-corrected chi connectivity index (χ3v) is 2.15.